The van der Waals surface area contributed by atoms with E-state index in [1.165, 1.54) is 0 Å². The molecule has 0 bridgehead atoms. The van der Waals surface area contributed by atoms with Gasteiger partial charge in [0.2, 0.25) is 0 Å². The Morgan fingerprint density at radius 3 is 2.67 bits per heavy atom. The number of amides is 1. The van der Waals surface area contributed by atoms with E-state index in [4.69, 9.17) is 9.47 Å². The van der Waals surface area contributed by atoms with Gasteiger partial charge in [-0.05, 0) is 47.5 Å². The lowest BCUT2D eigenvalue weighted by atomic mass is 10.1. The van der Waals surface area contributed by atoms with Crippen molar-refractivity contribution in [2.45, 2.75) is 64.8 Å². The van der Waals surface area contributed by atoms with Gasteiger partial charge in [-0.25, -0.2) is 4.79 Å². The zero-order valence-corrected chi connectivity index (χ0v) is 12.2. The van der Waals surface area contributed by atoms with E-state index in [9.17, 15) is 4.79 Å². The summed E-state index contributed by atoms with van der Waals surface area (Å²) in [7, 11) is 0. The molecule has 1 heterocycles. The molecule has 1 saturated heterocycles. The van der Waals surface area contributed by atoms with Crippen molar-refractivity contribution >= 4 is 6.09 Å². The van der Waals surface area contributed by atoms with Crippen molar-refractivity contribution in [3.8, 4) is 0 Å². The fourth-order valence-electron chi connectivity index (χ4n) is 2.09. The zero-order chi connectivity index (χ0) is 14.0. The second kappa shape index (κ2) is 5.31. The molecule has 4 nitrogen and oxygen atoms in total. The summed E-state index contributed by atoms with van der Waals surface area (Å²) < 4.78 is 11.1. The fourth-order valence-corrected chi connectivity index (χ4v) is 2.09. The van der Waals surface area contributed by atoms with Crippen LogP contribution in [0.15, 0.2) is 12.7 Å². The first-order chi connectivity index (χ1) is 8.17. The molecule has 0 aromatic rings. The highest BCUT2D eigenvalue weighted by Gasteiger charge is 2.45. The third-order valence-corrected chi connectivity index (χ3v) is 2.87. The molecule has 1 fully saturated rings. The maximum Gasteiger partial charge on any atom is 0.412 e. The first kappa shape index (κ1) is 15.0. The molecule has 1 rings (SSSR count). The van der Waals surface area contributed by atoms with E-state index in [2.05, 4.69) is 6.58 Å². The van der Waals surface area contributed by atoms with Gasteiger partial charge in [-0.1, -0.05) is 6.08 Å². The molecule has 0 unspecified atom stereocenters. The van der Waals surface area contributed by atoms with Gasteiger partial charge in [-0.2, -0.15) is 0 Å². The summed E-state index contributed by atoms with van der Waals surface area (Å²) in [4.78, 5) is 14.0. The Labute approximate surface area is 110 Å². The van der Waals surface area contributed by atoms with E-state index in [1.54, 1.807) is 4.90 Å². The van der Waals surface area contributed by atoms with E-state index < -0.39 is 11.3 Å². The molecular formula is C14H25NO3. The van der Waals surface area contributed by atoms with Crippen molar-refractivity contribution in [1.29, 1.82) is 0 Å². The SMILES string of the molecule is C=CCC[C@H]1COC(C)(C)N1C(=O)OC(C)(C)C. The molecule has 1 aliphatic rings. The first-order valence-corrected chi connectivity index (χ1v) is 6.44. The molecule has 0 aromatic carbocycles. The Hall–Kier alpha value is -1.03. The summed E-state index contributed by atoms with van der Waals surface area (Å²) in [6.45, 7) is 13.7. The summed E-state index contributed by atoms with van der Waals surface area (Å²) in [5.74, 6) is 0. The van der Waals surface area contributed by atoms with Gasteiger partial charge in [-0.3, -0.25) is 4.90 Å². The molecule has 0 radical (unpaired) electrons. The second-order valence-corrected chi connectivity index (χ2v) is 6.13. The van der Waals surface area contributed by atoms with Gasteiger partial charge in [0.05, 0.1) is 12.6 Å². The van der Waals surface area contributed by atoms with Gasteiger partial charge < -0.3 is 9.47 Å². The molecule has 104 valence electrons. The van der Waals surface area contributed by atoms with Crippen LogP contribution in [0.2, 0.25) is 0 Å². The van der Waals surface area contributed by atoms with Crippen LogP contribution < -0.4 is 0 Å². The number of hydrogen-bond donors (Lipinski definition) is 0. The number of ether oxygens (including phenoxy) is 2. The fraction of sp³-hybridized carbons (Fsp3) is 0.786. The topological polar surface area (TPSA) is 38.8 Å². The Morgan fingerprint density at radius 1 is 1.56 bits per heavy atom. The van der Waals surface area contributed by atoms with E-state index in [-0.39, 0.29) is 12.1 Å². The predicted molar refractivity (Wildman–Crippen MR) is 71.3 cm³/mol. The van der Waals surface area contributed by atoms with Crippen LogP contribution in [0.3, 0.4) is 0 Å². The van der Waals surface area contributed by atoms with Gasteiger partial charge in [0.25, 0.3) is 0 Å². The van der Waals surface area contributed by atoms with Gasteiger partial charge in [0, 0.05) is 0 Å². The molecule has 1 amide bonds. The summed E-state index contributed by atoms with van der Waals surface area (Å²) in [6, 6.07) is 0.0628. The minimum absolute atomic E-state index is 0.0628. The quantitative estimate of drug-likeness (QED) is 0.726. The summed E-state index contributed by atoms with van der Waals surface area (Å²) in [5.41, 5.74) is -1.09. The van der Waals surface area contributed by atoms with Crippen molar-refractivity contribution in [3.63, 3.8) is 0 Å². The number of allylic oxidation sites excluding steroid dienone is 1. The smallest absolute Gasteiger partial charge is 0.412 e. The zero-order valence-electron chi connectivity index (χ0n) is 12.2. The molecular weight excluding hydrogens is 230 g/mol. The van der Waals surface area contributed by atoms with Crippen molar-refractivity contribution < 1.29 is 14.3 Å². The molecule has 0 spiro atoms. The standard InChI is InChI=1S/C14H25NO3/c1-7-8-9-11-10-17-14(5,6)15(11)12(16)18-13(2,3)4/h7,11H,1,8-10H2,2-6H3/t11-/m0/s1. The van der Waals surface area contributed by atoms with Crippen LogP contribution >= 0.6 is 0 Å². The summed E-state index contributed by atoms with van der Waals surface area (Å²) >= 11 is 0. The lowest BCUT2D eigenvalue weighted by molar-refractivity contribution is -0.0626. The third-order valence-electron chi connectivity index (χ3n) is 2.87. The highest BCUT2D eigenvalue weighted by atomic mass is 16.6. The van der Waals surface area contributed by atoms with Crippen LogP contribution in [-0.4, -0.2) is 35.0 Å². The van der Waals surface area contributed by atoms with E-state index >= 15 is 0 Å². The van der Waals surface area contributed by atoms with Gasteiger partial charge >= 0.3 is 6.09 Å². The molecule has 18 heavy (non-hydrogen) atoms. The van der Waals surface area contributed by atoms with Gasteiger partial charge in [0.15, 0.2) is 0 Å². The van der Waals surface area contributed by atoms with Crippen LogP contribution in [0.5, 0.6) is 0 Å². The average molecular weight is 255 g/mol. The first-order valence-electron chi connectivity index (χ1n) is 6.44. The third kappa shape index (κ3) is 3.73. The Morgan fingerprint density at radius 2 is 2.17 bits per heavy atom. The summed E-state index contributed by atoms with van der Waals surface area (Å²) in [6.07, 6.45) is 3.27. The van der Waals surface area contributed by atoms with Crippen molar-refractivity contribution in [2.24, 2.45) is 0 Å². The average Bonchev–Trinajstić information content (AvgIpc) is 2.48. The number of hydrogen-bond acceptors (Lipinski definition) is 3. The number of nitrogens with zero attached hydrogens (tertiary/aromatic N) is 1. The molecule has 0 N–H and O–H groups in total. The predicted octanol–water partition coefficient (Wildman–Crippen LogP) is 3.32. The summed E-state index contributed by atoms with van der Waals surface area (Å²) in [5, 5.41) is 0. The molecule has 4 heteroatoms. The highest BCUT2D eigenvalue weighted by Crippen LogP contribution is 2.31. The van der Waals surface area contributed by atoms with Crippen LogP contribution in [0, 0.1) is 0 Å². The van der Waals surface area contributed by atoms with E-state index in [0.717, 1.165) is 12.8 Å². The van der Waals surface area contributed by atoms with Crippen LogP contribution in [0.4, 0.5) is 4.79 Å². The Kier molecular flexibility index (Phi) is 4.43. The Balaban J connectivity index is 2.78. The van der Waals surface area contributed by atoms with Crippen molar-refractivity contribution in [3.05, 3.63) is 12.7 Å². The molecule has 1 atom stereocenters. The van der Waals surface area contributed by atoms with Gasteiger partial charge in [-0.15, -0.1) is 6.58 Å². The van der Waals surface area contributed by atoms with Crippen molar-refractivity contribution in [1.82, 2.24) is 4.90 Å². The largest absolute Gasteiger partial charge is 0.444 e. The molecule has 0 saturated carbocycles. The molecule has 1 aliphatic heterocycles. The maximum atomic E-state index is 12.2. The van der Waals surface area contributed by atoms with Crippen LogP contribution in [0.25, 0.3) is 0 Å². The van der Waals surface area contributed by atoms with Crippen LogP contribution in [0.1, 0.15) is 47.5 Å². The molecule has 0 aliphatic carbocycles. The highest BCUT2D eigenvalue weighted by molar-refractivity contribution is 5.69. The number of carbonyl (C=O) groups is 1. The second-order valence-electron chi connectivity index (χ2n) is 6.13. The lowest BCUT2D eigenvalue weighted by Gasteiger charge is -2.35. The minimum Gasteiger partial charge on any atom is -0.444 e. The monoisotopic (exact) mass is 255 g/mol. The van der Waals surface area contributed by atoms with Crippen molar-refractivity contribution in [2.75, 3.05) is 6.61 Å². The van der Waals surface area contributed by atoms with E-state index in [1.807, 2.05) is 40.7 Å². The van der Waals surface area contributed by atoms with Gasteiger partial charge in [0.1, 0.15) is 11.3 Å². The minimum atomic E-state index is -0.603. The van der Waals surface area contributed by atoms with E-state index in [0.29, 0.717) is 6.61 Å². The Bertz CT molecular complexity index is 317. The van der Waals surface area contributed by atoms with Crippen LogP contribution in [-0.2, 0) is 9.47 Å². The normalized spacial score (nSPS) is 22.9. The lowest BCUT2D eigenvalue weighted by Crippen LogP contribution is -2.49. The number of rotatable bonds is 3. The maximum absolute atomic E-state index is 12.2. The number of carbonyl (C=O) groups excluding carboxylic acids is 1. The molecule has 0 aromatic heterocycles.